The third-order valence-electron chi connectivity index (χ3n) is 5.82. The van der Waals surface area contributed by atoms with E-state index >= 15 is 0 Å². The average molecular weight is 454 g/mol. The molecule has 170 valence electrons. The number of unbranched alkanes of at least 4 members (excludes halogenated alkanes) is 3. The molecule has 0 bridgehead atoms. The predicted octanol–water partition coefficient (Wildman–Crippen LogP) is 6.31. The van der Waals surface area contributed by atoms with Gasteiger partial charge < -0.3 is 4.90 Å². The van der Waals surface area contributed by atoms with Gasteiger partial charge in [-0.1, -0.05) is 63.8 Å². The fourth-order valence-corrected chi connectivity index (χ4v) is 4.25. The summed E-state index contributed by atoms with van der Waals surface area (Å²) in [4.78, 5) is 33.4. The third-order valence-corrected chi connectivity index (χ3v) is 6.07. The minimum atomic E-state index is -0.294. The van der Waals surface area contributed by atoms with Crippen LogP contribution >= 0.6 is 11.6 Å². The smallest absolute Gasteiger partial charge is 0.266 e. The van der Waals surface area contributed by atoms with E-state index in [2.05, 4.69) is 6.92 Å². The van der Waals surface area contributed by atoms with Crippen LogP contribution in [0.2, 0.25) is 5.02 Å². The van der Waals surface area contributed by atoms with Crippen molar-refractivity contribution in [2.75, 3.05) is 6.54 Å². The van der Waals surface area contributed by atoms with Gasteiger partial charge >= 0.3 is 0 Å². The number of rotatable bonds is 10. The Morgan fingerprint density at radius 1 is 1.03 bits per heavy atom. The summed E-state index contributed by atoms with van der Waals surface area (Å²) < 4.78 is 1.65. The number of benzene rings is 2. The quantitative estimate of drug-likeness (QED) is 0.338. The number of halogens is 1. The highest BCUT2D eigenvalue weighted by atomic mass is 35.5. The summed E-state index contributed by atoms with van der Waals surface area (Å²) >= 11 is 6.10. The lowest BCUT2D eigenvalue weighted by Gasteiger charge is -2.32. The van der Waals surface area contributed by atoms with Crippen molar-refractivity contribution >= 4 is 28.4 Å². The molecule has 1 atom stereocenters. The molecule has 0 fully saturated rings. The van der Waals surface area contributed by atoms with Crippen molar-refractivity contribution in [3.05, 3.63) is 69.7 Å². The van der Waals surface area contributed by atoms with Crippen molar-refractivity contribution in [2.45, 2.75) is 65.3 Å². The maximum atomic E-state index is 13.6. The first-order chi connectivity index (χ1) is 15.5. The summed E-state index contributed by atoms with van der Waals surface area (Å²) in [6.07, 6.45) is 5.39. The molecular formula is C26H32ClN3O2. The molecule has 0 radical (unpaired) electrons. The Hall–Kier alpha value is -2.66. The van der Waals surface area contributed by atoms with Gasteiger partial charge in [-0.3, -0.25) is 14.2 Å². The Labute approximate surface area is 195 Å². The molecule has 5 nitrogen and oxygen atoms in total. The second-order valence-corrected chi connectivity index (χ2v) is 8.47. The Balaban J connectivity index is 2.18. The van der Waals surface area contributed by atoms with Crippen LogP contribution < -0.4 is 5.56 Å². The minimum Gasteiger partial charge on any atom is -0.333 e. The van der Waals surface area contributed by atoms with E-state index in [1.54, 1.807) is 22.8 Å². The molecule has 1 heterocycles. The van der Waals surface area contributed by atoms with E-state index < -0.39 is 0 Å². The summed E-state index contributed by atoms with van der Waals surface area (Å²) in [5.41, 5.74) is 1.20. The monoisotopic (exact) mass is 453 g/mol. The van der Waals surface area contributed by atoms with Gasteiger partial charge in [-0.2, -0.15) is 0 Å². The van der Waals surface area contributed by atoms with Crippen LogP contribution in [-0.4, -0.2) is 26.9 Å². The molecule has 6 heteroatoms. The molecule has 32 heavy (non-hydrogen) atoms. The number of para-hydroxylation sites is 1. The van der Waals surface area contributed by atoms with Crippen LogP contribution in [0, 0.1) is 0 Å². The van der Waals surface area contributed by atoms with E-state index in [1.165, 1.54) is 0 Å². The van der Waals surface area contributed by atoms with E-state index in [0.717, 1.165) is 25.7 Å². The van der Waals surface area contributed by atoms with Crippen LogP contribution in [0.15, 0.2) is 53.3 Å². The molecule has 0 aliphatic carbocycles. The van der Waals surface area contributed by atoms with Gasteiger partial charge in [-0.05, 0) is 49.2 Å². The zero-order valence-corrected chi connectivity index (χ0v) is 19.9. The van der Waals surface area contributed by atoms with Crippen LogP contribution in [-0.2, 0) is 4.79 Å². The van der Waals surface area contributed by atoms with E-state index in [4.69, 9.17) is 16.6 Å². The molecule has 0 aliphatic rings. The molecular weight excluding hydrogens is 422 g/mol. The predicted molar refractivity (Wildman–Crippen MR) is 132 cm³/mol. The second kappa shape index (κ2) is 11.3. The zero-order valence-electron chi connectivity index (χ0n) is 19.2. The highest BCUT2D eigenvalue weighted by molar-refractivity contribution is 6.30. The number of amides is 1. The number of fused-ring (bicyclic) bond motifs is 1. The van der Waals surface area contributed by atoms with Crippen LogP contribution in [0.5, 0.6) is 0 Å². The number of carbonyl (C=O) groups is 1. The Morgan fingerprint density at radius 3 is 2.41 bits per heavy atom. The maximum Gasteiger partial charge on any atom is 0.266 e. The zero-order chi connectivity index (χ0) is 23.1. The molecule has 2 aromatic carbocycles. The van der Waals surface area contributed by atoms with Gasteiger partial charge in [0.2, 0.25) is 5.91 Å². The summed E-state index contributed by atoms with van der Waals surface area (Å²) in [6.45, 7) is 6.76. The molecule has 1 amide bonds. The first kappa shape index (κ1) is 24.0. The van der Waals surface area contributed by atoms with Crippen LogP contribution in [0.3, 0.4) is 0 Å². The van der Waals surface area contributed by atoms with Crippen LogP contribution in [0.4, 0.5) is 0 Å². The number of hydrogen-bond donors (Lipinski definition) is 0. The fraction of sp³-hybridized carbons (Fsp3) is 0.423. The van der Waals surface area contributed by atoms with Crippen molar-refractivity contribution in [1.29, 1.82) is 0 Å². The molecule has 0 spiro atoms. The number of aromatic nitrogens is 2. The van der Waals surface area contributed by atoms with Gasteiger partial charge in [0.05, 0.1) is 22.6 Å². The first-order valence-corrected chi connectivity index (χ1v) is 12.0. The van der Waals surface area contributed by atoms with Gasteiger partial charge in [0, 0.05) is 18.0 Å². The van der Waals surface area contributed by atoms with Gasteiger partial charge in [-0.15, -0.1) is 0 Å². The Morgan fingerprint density at radius 2 is 1.75 bits per heavy atom. The SMILES string of the molecule is CCCCCCN(C(=O)CC)C(CC)c1nc2ccccc2c(=O)n1-c1ccc(Cl)cc1. The number of nitrogens with zero attached hydrogens (tertiary/aromatic N) is 3. The molecule has 1 unspecified atom stereocenters. The van der Waals surface area contributed by atoms with E-state index in [0.29, 0.717) is 46.8 Å². The standard InChI is InChI=1S/C26H32ClN3O2/c1-4-7-8-11-18-29(24(31)6-3)23(5-2)25-28-22-13-10-9-12-21(22)26(32)30(25)20-16-14-19(27)15-17-20/h9-10,12-17,23H,4-8,11,18H2,1-3H3. The number of hydrogen-bond acceptors (Lipinski definition) is 3. The Kier molecular flexibility index (Phi) is 8.46. The first-order valence-electron chi connectivity index (χ1n) is 11.6. The maximum absolute atomic E-state index is 13.6. The summed E-state index contributed by atoms with van der Waals surface area (Å²) in [6, 6.07) is 14.3. The summed E-state index contributed by atoms with van der Waals surface area (Å²) in [5.74, 6) is 0.675. The van der Waals surface area contributed by atoms with Crippen molar-refractivity contribution in [3.63, 3.8) is 0 Å². The van der Waals surface area contributed by atoms with Crippen molar-refractivity contribution < 1.29 is 4.79 Å². The topological polar surface area (TPSA) is 55.2 Å². The molecule has 0 saturated heterocycles. The number of carbonyl (C=O) groups excluding carboxylic acids is 1. The van der Waals surface area contributed by atoms with Crippen molar-refractivity contribution in [1.82, 2.24) is 14.5 Å². The third kappa shape index (κ3) is 5.21. The fourth-order valence-electron chi connectivity index (χ4n) is 4.12. The minimum absolute atomic E-state index is 0.0819. The van der Waals surface area contributed by atoms with Gasteiger partial charge in [0.1, 0.15) is 5.82 Å². The lowest BCUT2D eigenvalue weighted by Crippen LogP contribution is -2.38. The summed E-state index contributed by atoms with van der Waals surface area (Å²) in [7, 11) is 0. The second-order valence-electron chi connectivity index (χ2n) is 8.03. The van der Waals surface area contributed by atoms with Crippen molar-refractivity contribution in [3.8, 4) is 5.69 Å². The molecule has 3 aromatic rings. The van der Waals surface area contributed by atoms with E-state index in [-0.39, 0.29) is 17.5 Å². The molecule has 0 N–H and O–H groups in total. The lowest BCUT2D eigenvalue weighted by atomic mass is 10.1. The van der Waals surface area contributed by atoms with Gasteiger partial charge in [-0.25, -0.2) is 4.98 Å². The lowest BCUT2D eigenvalue weighted by molar-refractivity contribution is -0.133. The highest BCUT2D eigenvalue weighted by Crippen LogP contribution is 2.27. The summed E-state index contributed by atoms with van der Waals surface area (Å²) in [5, 5.41) is 1.15. The highest BCUT2D eigenvalue weighted by Gasteiger charge is 2.28. The largest absolute Gasteiger partial charge is 0.333 e. The normalized spacial score (nSPS) is 12.1. The van der Waals surface area contributed by atoms with Gasteiger partial charge in [0.15, 0.2) is 0 Å². The van der Waals surface area contributed by atoms with Crippen LogP contribution in [0.1, 0.15) is 71.2 Å². The van der Waals surface area contributed by atoms with E-state index in [1.807, 2.05) is 49.1 Å². The van der Waals surface area contributed by atoms with Crippen LogP contribution in [0.25, 0.3) is 16.6 Å². The van der Waals surface area contributed by atoms with Crippen molar-refractivity contribution in [2.24, 2.45) is 0 Å². The average Bonchev–Trinajstić information content (AvgIpc) is 2.81. The Bertz CT molecular complexity index is 1110. The molecule has 0 saturated carbocycles. The van der Waals surface area contributed by atoms with Gasteiger partial charge in [0.25, 0.3) is 5.56 Å². The molecule has 3 rings (SSSR count). The molecule has 1 aromatic heterocycles. The van der Waals surface area contributed by atoms with E-state index in [9.17, 15) is 9.59 Å². The molecule has 0 aliphatic heterocycles.